The van der Waals surface area contributed by atoms with E-state index in [-0.39, 0.29) is 35.8 Å². The smallest absolute Gasteiger partial charge is 0.347 e. The van der Waals surface area contributed by atoms with Crippen LogP contribution in [-0.4, -0.2) is 55.3 Å². The van der Waals surface area contributed by atoms with Gasteiger partial charge in [-0.1, -0.05) is 24.3 Å². The zero-order chi connectivity index (χ0) is 27.8. The minimum atomic E-state index is -1.34. The maximum Gasteiger partial charge on any atom is 0.347 e. The Hall–Kier alpha value is -5.12. The quantitative estimate of drug-likeness (QED) is 0.105. The number of esters is 2. The van der Waals surface area contributed by atoms with Gasteiger partial charge in [-0.15, -0.1) is 0 Å². The van der Waals surface area contributed by atoms with Gasteiger partial charge in [-0.2, -0.15) is 0 Å². The predicted molar refractivity (Wildman–Crippen MR) is 137 cm³/mol. The molecule has 0 radical (unpaired) electrons. The Morgan fingerprint density at radius 1 is 0.789 bits per heavy atom. The first-order valence-electron chi connectivity index (χ1n) is 11.4. The maximum absolute atomic E-state index is 12.6. The standard InChI is InChI=1S/C28H26O10/c1-2-37-28(36)25(15-17-5-10-21(30)24(33)14-17)38-26(34)12-7-18-6-11-22(31)27(35)19(18)8-3-16-4-9-20(29)23(32)13-16/h3-14,25,29-33,35H,2,15H2,1H3/b8-3+,12-7+/t25-/m1/s1. The number of phenols is 6. The number of benzene rings is 3. The number of aromatic hydroxyl groups is 6. The molecule has 0 bridgehead atoms. The van der Waals surface area contributed by atoms with Gasteiger partial charge in [-0.25, -0.2) is 9.59 Å². The topological polar surface area (TPSA) is 174 Å². The number of hydrogen-bond acceptors (Lipinski definition) is 10. The molecule has 6 N–H and O–H groups in total. The Bertz CT molecular complexity index is 1390. The van der Waals surface area contributed by atoms with Gasteiger partial charge in [-0.05, 0) is 66.1 Å². The number of carbonyl (C=O) groups is 2. The molecule has 3 rings (SSSR count). The summed E-state index contributed by atoms with van der Waals surface area (Å²) in [4.78, 5) is 24.9. The molecule has 0 aliphatic rings. The Labute approximate surface area is 217 Å². The average Bonchev–Trinajstić information content (AvgIpc) is 2.88. The fourth-order valence-corrected chi connectivity index (χ4v) is 3.41. The van der Waals surface area contributed by atoms with Crippen molar-refractivity contribution in [2.24, 2.45) is 0 Å². The normalized spacial score (nSPS) is 12.0. The highest BCUT2D eigenvalue weighted by Gasteiger charge is 2.24. The monoisotopic (exact) mass is 522 g/mol. The molecule has 10 nitrogen and oxygen atoms in total. The molecule has 1 atom stereocenters. The van der Waals surface area contributed by atoms with Crippen molar-refractivity contribution in [1.29, 1.82) is 0 Å². The molecule has 10 heteroatoms. The highest BCUT2D eigenvalue weighted by molar-refractivity contribution is 5.91. The summed E-state index contributed by atoms with van der Waals surface area (Å²) in [6, 6.07) is 10.7. The molecule has 0 amide bonds. The van der Waals surface area contributed by atoms with Gasteiger partial charge < -0.3 is 40.1 Å². The molecular weight excluding hydrogens is 496 g/mol. The third kappa shape index (κ3) is 6.97. The van der Waals surface area contributed by atoms with Crippen LogP contribution < -0.4 is 0 Å². The lowest BCUT2D eigenvalue weighted by molar-refractivity contribution is -0.164. The molecular formula is C28H26O10. The van der Waals surface area contributed by atoms with Crippen LogP contribution in [0.5, 0.6) is 34.5 Å². The van der Waals surface area contributed by atoms with E-state index >= 15 is 0 Å². The van der Waals surface area contributed by atoms with E-state index in [1.54, 1.807) is 6.92 Å². The lowest BCUT2D eigenvalue weighted by Crippen LogP contribution is -2.30. The van der Waals surface area contributed by atoms with Crippen molar-refractivity contribution in [3.63, 3.8) is 0 Å². The zero-order valence-corrected chi connectivity index (χ0v) is 20.2. The molecule has 0 aliphatic heterocycles. The third-order valence-corrected chi connectivity index (χ3v) is 5.34. The molecule has 0 aromatic heterocycles. The van der Waals surface area contributed by atoms with Crippen LogP contribution in [-0.2, 0) is 25.5 Å². The minimum Gasteiger partial charge on any atom is -0.504 e. The summed E-state index contributed by atoms with van der Waals surface area (Å²) in [6.45, 7) is 1.64. The Morgan fingerprint density at radius 3 is 2.11 bits per heavy atom. The summed E-state index contributed by atoms with van der Waals surface area (Å²) in [5.74, 6) is -3.95. The first-order valence-corrected chi connectivity index (χ1v) is 11.4. The van der Waals surface area contributed by atoms with E-state index in [9.17, 15) is 40.2 Å². The van der Waals surface area contributed by atoms with E-state index in [1.807, 2.05) is 0 Å². The van der Waals surface area contributed by atoms with Crippen molar-refractivity contribution in [2.45, 2.75) is 19.4 Å². The van der Waals surface area contributed by atoms with Crippen molar-refractivity contribution in [3.8, 4) is 34.5 Å². The number of rotatable bonds is 9. The molecule has 3 aromatic rings. The van der Waals surface area contributed by atoms with E-state index in [0.29, 0.717) is 16.7 Å². The molecule has 0 saturated heterocycles. The van der Waals surface area contributed by atoms with Gasteiger partial charge >= 0.3 is 11.9 Å². The van der Waals surface area contributed by atoms with Crippen molar-refractivity contribution in [1.82, 2.24) is 0 Å². The zero-order valence-electron chi connectivity index (χ0n) is 20.2. The van der Waals surface area contributed by atoms with Gasteiger partial charge in [-0.3, -0.25) is 0 Å². The van der Waals surface area contributed by atoms with Gasteiger partial charge in [0.1, 0.15) is 0 Å². The van der Waals surface area contributed by atoms with Crippen LogP contribution in [0.2, 0.25) is 0 Å². The fraction of sp³-hybridized carbons (Fsp3) is 0.143. The summed E-state index contributed by atoms with van der Waals surface area (Å²) >= 11 is 0. The van der Waals surface area contributed by atoms with Crippen molar-refractivity contribution in [2.75, 3.05) is 6.61 Å². The van der Waals surface area contributed by atoms with Crippen LogP contribution >= 0.6 is 0 Å². The fourth-order valence-electron chi connectivity index (χ4n) is 3.41. The van der Waals surface area contributed by atoms with E-state index in [4.69, 9.17) is 9.47 Å². The number of hydrogen-bond donors (Lipinski definition) is 6. The molecule has 0 saturated carbocycles. The molecule has 38 heavy (non-hydrogen) atoms. The van der Waals surface area contributed by atoms with E-state index in [1.165, 1.54) is 66.8 Å². The third-order valence-electron chi connectivity index (χ3n) is 5.34. The van der Waals surface area contributed by atoms with Gasteiger partial charge in [0.15, 0.2) is 34.5 Å². The molecule has 3 aromatic carbocycles. The molecule has 0 heterocycles. The molecule has 0 unspecified atom stereocenters. The Morgan fingerprint density at radius 2 is 1.45 bits per heavy atom. The summed E-state index contributed by atoms with van der Waals surface area (Å²) in [5.41, 5.74) is 1.34. The van der Waals surface area contributed by atoms with Crippen LogP contribution in [0.1, 0.15) is 29.2 Å². The first kappa shape index (κ1) is 27.5. The average molecular weight is 523 g/mol. The minimum absolute atomic E-state index is 0.0465. The van der Waals surface area contributed by atoms with E-state index in [2.05, 4.69) is 0 Å². The maximum atomic E-state index is 12.6. The second-order valence-electron chi connectivity index (χ2n) is 8.06. The molecule has 198 valence electrons. The van der Waals surface area contributed by atoms with Gasteiger partial charge in [0.25, 0.3) is 0 Å². The summed E-state index contributed by atoms with van der Waals surface area (Å²) in [7, 11) is 0. The van der Waals surface area contributed by atoms with Crippen LogP contribution in [0.4, 0.5) is 0 Å². The number of carbonyl (C=O) groups excluding carboxylic acids is 2. The summed E-state index contributed by atoms with van der Waals surface area (Å²) in [6.07, 6.45) is 3.81. The largest absolute Gasteiger partial charge is 0.504 e. The van der Waals surface area contributed by atoms with Gasteiger partial charge in [0, 0.05) is 18.1 Å². The van der Waals surface area contributed by atoms with Crippen LogP contribution in [0.15, 0.2) is 54.6 Å². The van der Waals surface area contributed by atoms with Gasteiger partial charge in [0.05, 0.1) is 6.61 Å². The Balaban J connectivity index is 1.82. The van der Waals surface area contributed by atoms with E-state index in [0.717, 1.165) is 6.08 Å². The highest BCUT2D eigenvalue weighted by atomic mass is 16.6. The lowest BCUT2D eigenvalue weighted by Gasteiger charge is -2.16. The molecule has 0 spiro atoms. The van der Waals surface area contributed by atoms with Crippen LogP contribution in [0, 0.1) is 0 Å². The van der Waals surface area contributed by atoms with Gasteiger partial charge in [0.2, 0.25) is 6.10 Å². The second kappa shape index (κ2) is 12.2. The first-order chi connectivity index (χ1) is 18.1. The summed E-state index contributed by atoms with van der Waals surface area (Å²) in [5, 5.41) is 58.6. The summed E-state index contributed by atoms with van der Waals surface area (Å²) < 4.78 is 10.3. The Kier molecular flexibility index (Phi) is 8.83. The second-order valence-corrected chi connectivity index (χ2v) is 8.06. The molecule has 0 fully saturated rings. The highest BCUT2D eigenvalue weighted by Crippen LogP contribution is 2.34. The van der Waals surface area contributed by atoms with E-state index < -0.39 is 35.3 Å². The van der Waals surface area contributed by atoms with Crippen molar-refractivity contribution >= 4 is 30.2 Å². The predicted octanol–water partition coefficient (Wildman–Crippen LogP) is 3.82. The number of ether oxygens (including phenoxy) is 2. The SMILES string of the molecule is CCOC(=O)[C@@H](Cc1ccc(O)c(O)c1)OC(=O)/C=C/c1ccc(O)c(O)c1/C=C/c1ccc(O)c(O)c1. The van der Waals surface area contributed by atoms with Crippen LogP contribution in [0.3, 0.4) is 0 Å². The van der Waals surface area contributed by atoms with Crippen molar-refractivity contribution in [3.05, 3.63) is 76.9 Å². The number of phenolic OH excluding ortho intramolecular Hbond substituents is 6. The van der Waals surface area contributed by atoms with Crippen LogP contribution in [0.25, 0.3) is 18.2 Å². The van der Waals surface area contributed by atoms with Crippen molar-refractivity contribution < 1.29 is 49.7 Å². The molecule has 0 aliphatic carbocycles. The lowest BCUT2D eigenvalue weighted by atomic mass is 10.0.